The molecule has 6 rings (SSSR count). The second kappa shape index (κ2) is 21.9. The van der Waals surface area contributed by atoms with Gasteiger partial charge >= 0.3 is 0 Å². The average molecular weight is 870 g/mol. The highest BCUT2D eigenvalue weighted by molar-refractivity contribution is 7.10. The Labute approximate surface area is 362 Å². The molecule has 5 N–H and O–H groups in total. The lowest BCUT2D eigenvalue weighted by molar-refractivity contribution is -0.137. The topological polar surface area (TPSA) is 195 Å². The third-order valence-corrected chi connectivity index (χ3v) is 11.4. The van der Waals surface area contributed by atoms with Crippen LogP contribution in [0.2, 0.25) is 0 Å². The monoisotopic (exact) mass is 869 g/mol. The van der Waals surface area contributed by atoms with Crippen molar-refractivity contribution in [2.45, 2.75) is 57.2 Å². The number of thiophene rings is 1. The molecule has 61 heavy (non-hydrogen) atoms. The second-order valence-electron chi connectivity index (χ2n) is 14.4. The van der Waals surface area contributed by atoms with Gasteiger partial charge in [0.25, 0.3) is 5.91 Å². The maximum Gasteiger partial charge on any atom is 0.255 e. The maximum atomic E-state index is 13.6. The molecule has 2 aliphatic rings. The van der Waals surface area contributed by atoms with Crippen LogP contribution in [0.25, 0.3) is 0 Å². The number of ether oxygens (including phenoxy) is 1. The quantitative estimate of drug-likeness (QED) is 0.0454. The van der Waals surface area contributed by atoms with Crippen molar-refractivity contribution in [2.75, 3.05) is 54.3 Å². The molecule has 0 bridgehead atoms. The predicted octanol–water partition coefficient (Wildman–Crippen LogP) is 4.53. The minimum atomic E-state index is -0.945. The Morgan fingerprint density at radius 2 is 1.67 bits per heavy atom. The Kier molecular flexibility index (Phi) is 16.0. The number of hydrogen-bond donors (Lipinski definition) is 5. The SMILES string of the molecule is O=C(CCOCCNc1cccc2c1CN(C1CCC(=O)NC1=O)C2=O)NCCCC(=O)Nc1ccc(N(C(=O)CCl)C(C(=O)NCCc2ccccc2)c2cccs2)cc1. The number of nitrogens with one attached hydrogen (secondary N) is 5. The van der Waals surface area contributed by atoms with Crippen LogP contribution in [0.5, 0.6) is 0 Å². The molecule has 2 atom stereocenters. The summed E-state index contributed by atoms with van der Waals surface area (Å²) in [6.07, 6.45) is 1.81. The number of imide groups is 1. The van der Waals surface area contributed by atoms with Crippen LogP contribution in [0.15, 0.2) is 90.3 Å². The van der Waals surface area contributed by atoms with Gasteiger partial charge in [-0.1, -0.05) is 42.5 Å². The van der Waals surface area contributed by atoms with Crippen LogP contribution in [0.3, 0.4) is 0 Å². The van der Waals surface area contributed by atoms with E-state index in [9.17, 15) is 33.6 Å². The van der Waals surface area contributed by atoms with E-state index in [2.05, 4.69) is 26.6 Å². The number of carbonyl (C=O) groups is 7. The van der Waals surface area contributed by atoms with Gasteiger partial charge in [-0.3, -0.25) is 43.8 Å². The fraction of sp³-hybridized carbons (Fsp3) is 0.341. The van der Waals surface area contributed by atoms with Gasteiger partial charge in [0.1, 0.15) is 18.0 Å². The second-order valence-corrected chi connectivity index (χ2v) is 15.7. The Hall–Kier alpha value is -6.10. The number of anilines is 3. The molecule has 3 aromatic carbocycles. The van der Waals surface area contributed by atoms with Crippen LogP contribution in [0.1, 0.15) is 64.5 Å². The lowest BCUT2D eigenvalue weighted by atomic mass is 10.0. The summed E-state index contributed by atoms with van der Waals surface area (Å²) in [4.78, 5) is 92.5. The highest BCUT2D eigenvalue weighted by Crippen LogP contribution is 2.33. The van der Waals surface area contributed by atoms with Crippen molar-refractivity contribution >= 4 is 81.4 Å². The molecule has 320 valence electrons. The third kappa shape index (κ3) is 12.0. The van der Waals surface area contributed by atoms with E-state index >= 15 is 0 Å². The molecule has 7 amide bonds. The lowest BCUT2D eigenvalue weighted by Crippen LogP contribution is -2.52. The smallest absolute Gasteiger partial charge is 0.255 e. The first-order valence-electron chi connectivity index (χ1n) is 20.1. The largest absolute Gasteiger partial charge is 0.382 e. The van der Waals surface area contributed by atoms with E-state index < -0.39 is 23.9 Å². The molecule has 0 radical (unpaired) electrons. The number of fused-ring (bicyclic) bond motifs is 1. The first-order valence-corrected chi connectivity index (χ1v) is 21.5. The van der Waals surface area contributed by atoms with Gasteiger partial charge in [-0.15, -0.1) is 22.9 Å². The minimum absolute atomic E-state index is 0.140. The van der Waals surface area contributed by atoms with Crippen LogP contribution >= 0.6 is 22.9 Å². The summed E-state index contributed by atoms with van der Waals surface area (Å²) in [5, 5.41) is 16.0. The fourth-order valence-electron chi connectivity index (χ4n) is 7.16. The van der Waals surface area contributed by atoms with Crippen molar-refractivity contribution in [3.63, 3.8) is 0 Å². The average Bonchev–Trinajstić information content (AvgIpc) is 3.91. The molecule has 2 unspecified atom stereocenters. The summed E-state index contributed by atoms with van der Waals surface area (Å²) in [5.74, 6) is -2.62. The number of piperidine rings is 1. The van der Waals surface area contributed by atoms with Crippen LogP contribution in [-0.4, -0.2) is 91.0 Å². The van der Waals surface area contributed by atoms with Gasteiger partial charge in [0.15, 0.2) is 0 Å². The van der Waals surface area contributed by atoms with E-state index in [1.807, 2.05) is 47.8 Å². The number of alkyl halides is 1. The number of rotatable bonds is 21. The zero-order valence-corrected chi connectivity index (χ0v) is 35.0. The van der Waals surface area contributed by atoms with Crippen LogP contribution in [0.4, 0.5) is 17.1 Å². The van der Waals surface area contributed by atoms with E-state index in [0.29, 0.717) is 67.3 Å². The fourth-order valence-corrected chi connectivity index (χ4v) is 8.10. The number of amides is 7. The highest BCUT2D eigenvalue weighted by Gasteiger charge is 2.40. The van der Waals surface area contributed by atoms with Crippen molar-refractivity contribution in [3.8, 4) is 0 Å². The van der Waals surface area contributed by atoms with Crippen LogP contribution < -0.4 is 31.5 Å². The van der Waals surface area contributed by atoms with Crippen molar-refractivity contribution in [1.29, 1.82) is 0 Å². The van der Waals surface area contributed by atoms with Crippen molar-refractivity contribution in [3.05, 3.63) is 112 Å². The van der Waals surface area contributed by atoms with Crippen molar-refractivity contribution in [2.24, 2.45) is 0 Å². The van der Waals surface area contributed by atoms with E-state index in [1.165, 1.54) is 21.1 Å². The molecule has 1 fully saturated rings. The molecule has 0 aliphatic carbocycles. The number of carbonyl (C=O) groups excluding carboxylic acids is 7. The summed E-state index contributed by atoms with van der Waals surface area (Å²) < 4.78 is 5.64. The van der Waals surface area contributed by atoms with E-state index in [4.69, 9.17) is 16.3 Å². The summed E-state index contributed by atoms with van der Waals surface area (Å²) in [7, 11) is 0. The highest BCUT2D eigenvalue weighted by atomic mass is 35.5. The Morgan fingerprint density at radius 1 is 0.869 bits per heavy atom. The number of halogens is 1. The molecule has 1 aromatic heterocycles. The predicted molar refractivity (Wildman–Crippen MR) is 232 cm³/mol. The molecule has 3 heterocycles. The number of benzene rings is 3. The van der Waals surface area contributed by atoms with Crippen LogP contribution in [-0.2, 0) is 46.5 Å². The molecular formula is C44H48ClN7O8S. The normalized spacial score (nSPS) is 15.1. The van der Waals surface area contributed by atoms with Crippen molar-refractivity contribution in [1.82, 2.24) is 20.9 Å². The zero-order valence-electron chi connectivity index (χ0n) is 33.5. The minimum Gasteiger partial charge on any atom is -0.382 e. The summed E-state index contributed by atoms with van der Waals surface area (Å²) in [6, 6.07) is 23.7. The van der Waals surface area contributed by atoms with Gasteiger partial charge in [0, 0.05) is 78.5 Å². The molecule has 4 aromatic rings. The number of nitrogens with zero attached hydrogens (tertiary/aromatic N) is 2. The van der Waals surface area contributed by atoms with Gasteiger partial charge in [-0.25, -0.2) is 0 Å². The molecular weight excluding hydrogens is 822 g/mol. The first kappa shape index (κ1) is 44.5. The van der Waals surface area contributed by atoms with E-state index in [0.717, 1.165) is 16.8 Å². The first-order chi connectivity index (χ1) is 29.6. The standard InChI is InChI=1S/C44H48ClN7O8S/c45-27-40(56)52(41(36-11-6-26-61-36)43(58)48-22-19-29-7-2-1-3-8-29)31-15-13-30(14-16-31)49-38(54)12-5-21-47-37(53)20-24-60-25-23-46-34-10-4-9-32-33(34)28-51(44(32)59)35-17-18-39(55)50-42(35)57/h1-4,6-11,13-16,26,35,41,46H,5,12,17-25,27-28H2,(H,47,53)(H,48,58)(H,49,54)(H,50,55,57). The van der Waals surface area contributed by atoms with Gasteiger partial charge < -0.3 is 30.9 Å². The van der Waals surface area contributed by atoms with E-state index in [-0.39, 0.29) is 67.8 Å². The lowest BCUT2D eigenvalue weighted by Gasteiger charge is -2.30. The summed E-state index contributed by atoms with van der Waals surface area (Å²) in [6.45, 7) is 1.87. The molecule has 17 heteroatoms. The van der Waals surface area contributed by atoms with Gasteiger partial charge in [0.05, 0.1) is 13.2 Å². The molecule has 2 aliphatic heterocycles. The van der Waals surface area contributed by atoms with Crippen LogP contribution in [0, 0.1) is 0 Å². The van der Waals surface area contributed by atoms with Gasteiger partial charge in [-0.05, 0) is 72.7 Å². The third-order valence-electron chi connectivity index (χ3n) is 10.2. The molecule has 15 nitrogen and oxygen atoms in total. The van der Waals surface area contributed by atoms with E-state index in [1.54, 1.807) is 42.5 Å². The molecule has 0 saturated carbocycles. The van der Waals surface area contributed by atoms with Gasteiger partial charge in [-0.2, -0.15) is 0 Å². The summed E-state index contributed by atoms with van der Waals surface area (Å²) >= 11 is 7.41. The molecule has 0 spiro atoms. The zero-order chi connectivity index (χ0) is 43.1. The van der Waals surface area contributed by atoms with Crippen molar-refractivity contribution < 1.29 is 38.3 Å². The Morgan fingerprint density at radius 3 is 2.41 bits per heavy atom. The Balaban J connectivity index is 0.883. The maximum absolute atomic E-state index is 13.6. The summed E-state index contributed by atoms with van der Waals surface area (Å²) in [5.41, 5.74) is 4.07. The number of hydrogen-bond acceptors (Lipinski definition) is 10. The molecule has 1 saturated heterocycles. The Bertz CT molecular complexity index is 2190. The van der Waals surface area contributed by atoms with Gasteiger partial charge in [0.2, 0.25) is 35.4 Å².